The van der Waals surface area contributed by atoms with Gasteiger partial charge in [0.05, 0.1) is 6.04 Å². The van der Waals surface area contributed by atoms with Crippen molar-refractivity contribution in [1.82, 2.24) is 4.98 Å². The molecule has 0 aliphatic rings. The normalized spacial score (nSPS) is 12.5. The summed E-state index contributed by atoms with van der Waals surface area (Å²) in [5.41, 5.74) is 9.54. The summed E-state index contributed by atoms with van der Waals surface area (Å²) in [6.07, 6.45) is 1.86. The molecule has 0 spiro atoms. The van der Waals surface area contributed by atoms with Crippen molar-refractivity contribution >= 4 is 5.82 Å². The van der Waals surface area contributed by atoms with Crippen LogP contribution < -0.4 is 11.1 Å². The van der Waals surface area contributed by atoms with Gasteiger partial charge in [-0.2, -0.15) is 0 Å². The molecule has 0 radical (unpaired) electrons. The summed E-state index contributed by atoms with van der Waals surface area (Å²) in [7, 11) is 0. The summed E-state index contributed by atoms with van der Waals surface area (Å²) >= 11 is 0. The molecule has 3 heteroatoms. The van der Waals surface area contributed by atoms with Crippen LogP contribution in [0.25, 0.3) is 0 Å². The van der Waals surface area contributed by atoms with Crippen molar-refractivity contribution in [3.63, 3.8) is 0 Å². The Morgan fingerprint density at radius 3 is 2.37 bits per heavy atom. The Balaban J connectivity index is 2.25. The van der Waals surface area contributed by atoms with E-state index in [1.165, 1.54) is 0 Å². The molecule has 1 aromatic carbocycles. The molecule has 3 nitrogen and oxygen atoms in total. The highest BCUT2D eigenvalue weighted by atomic mass is 15.0. The predicted molar refractivity (Wildman–Crippen MR) is 80.2 cm³/mol. The van der Waals surface area contributed by atoms with Crippen LogP contribution in [-0.4, -0.2) is 11.0 Å². The fourth-order valence-corrected chi connectivity index (χ4v) is 2.04. The lowest BCUT2D eigenvalue weighted by Gasteiger charge is -2.16. The maximum absolute atomic E-state index is 6.28. The minimum Gasteiger partial charge on any atom is -0.368 e. The molecule has 1 atom stereocenters. The SMILES string of the molecule is Cc1cc(C(N)c2ccccc2)cnc1NC(C)C. The van der Waals surface area contributed by atoms with Crippen molar-refractivity contribution < 1.29 is 0 Å². The van der Waals surface area contributed by atoms with Crippen LogP contribution in [0.5, 0.6) is 0 Å². The summed E-state index contributed by atoms with van der Waals surface area (Å²) in [4.78, 5) is 4.47. The number of anilines is 1. The highest BCUT2D eigenvalue weighted by Gasteiger charge is 2.11. The lowest BCUT2D eigenvalue weighted by Crippen LogP contribution is -2.15. The van der Waals surface area contributed by atoms with E-state index in [2.05, 4.69) is 37.1 Å². The van der Waals surface area contributed by atoms with E-state index < -0.39 is 0 Å². The van der Waals surface area contributed by atoms with Gasteiger partial charge in [0.25, 0.3) is 0 Å². The van der Waals surface area contributed by atoms with Crippen LogP contribution >= 0.6 is 0 Å². The first-order chi connectivity index (χ1) is 9.08. The van der Waals surface area contributed by atoms with Gasteiger partial charge in [0.1, 0.15) is 5.82 Å². The third-order valence-electron chi connectivity index (χ3n) is 3.04. The van der Waals surface area contributed by atoms with Crippen molar-refractivity contribution in [3.05, 3.63) is 59.3 Å². The van der Waals surface area contributed by atoms with E-state index in [1.54, 1.807) is 0 Å². The van der Waals surface area contributed by atoms with E-state index in [0.29, 0.717) is 6.04 Å². The fraction of sp³-hybridized carbons (Fsp3) is 0.312. The van der Waals surface area contributed by atoms with Crippen LogP contribution in [-0.2, 0) is 0 Å². The van der Waals surface area contributed by atoms with Gasteiger partial charge in [0.15, 0.2) is 0 Å². The predicted octanol–water partition coefficient (Wildman–Crippen LogP) is 3.26. The second-order valence-electron chi connectivity index (χ2n) is 5.12. The van der Waals surface area contributed by atoms with Crippen molar-refractivity contribution in [2.24, 2.45) is 5.73 Å². The monoisotopic (exact) mass is 255 g/mol. The number of nitrogens with one attached hydrogen (secondary N) is 1. The number of benzene rings is 1. The first-order valence-electron chi connectivity index (χ1n) is 6.61. The van der Waals surface area contributed by atoms with Gasteiger partial charge in [-0.05, 0) is 43.5 Å². The van der Waals surface area contributed by atoms with Gasteiger partial charge in [-0.1, -0.05) is 30.3 Å². The van der Waals surface area contributed by atoms with Gasteiger partial charge in [0.2, 0.25) is 0 Å². The van der Waals surface area contributed by atoms with Crippen LogP contribution in [0.15, 0.2) is 42.6 Å². The first kappa shape index (κ1) is 13.6. The van der Waals surface area contributed by atoms with E-state index >= 15 is 0 Å². The largest absolute Gasteiger partial charge is 0.368 e. The van der Waals surface area contributed by atoms with Gasteiger partial charge in [0, 0.05) is 12.2 Å². The van der Waals surface area contributed by atoms with Crippen molar-refractivity contribution in [1.29, 1.82) is 0 Å². The second kappa shape index (κ2) is 5.85. The lowest BCUT2D eigenvalue weighted by molar-refractivity contribution is 0.851. The molecule has 0 bridgehead atoms. The molecule has 100 valence electrons. The summed E-state index contributed by atoms with van der Waals surface area (Å²) in [6.45, 7) is 6.26. The molecule has 19 heavy (non-hydrogen) atoms. The van der Waals surface area contributed by atoms with Crippen LogP contribution in [0.4, 0.5) is 5.82 Å². The van der Waals surface area contributed by atoms with Crippen LogP contribution in [0.2, 0.25) is 0 Å². The Bertz CT molecular complexity index is 535. The summed E-state index contributed by atoms with van der Waals surface area (Å²) < 4.78 is 0. The van der Waals surface area contributed by atoms with Crippen molar-refractivity contribution in [3.8, 4) is 0 Å². The average molecular weight is 255 g/mol. The smallest absolute Gasteiger partial charge is 0.129 e. The number of nitrogens with zero attached hydrogens (tertiary/aromatic N) is 1. The Kier molecular flexibility index (Phi) is 4.17. The van der Waals surface area contributed by atoms with Crippen LogP contribution in [0.3, 0.4) is 0 Å². The van der Waals surface area contributed by atoms with Crippen LogP contribution in [0.1, 0.15) is 36.6 Å². The highest BCUT2D eigenvalue weighted by Crippen LogP contribution is 2.22. The number of rotatable bonds is 4. The molecular weight excluding hydrogens is 234 g/mol. The first-order valence-corrected chi connectivity index (χ1v) is 6.61. The third-order valence-corrected chi connectivity index (χ3v) is 3.04. The molecule has 1 unspecified atom stereocenters. The molecule has 0 aliphatic carbocycles. The molecule has 0 aliphatic heterocycles. The zero-order valence-corrected chi connectivity index (χ0v) is 11.7. The molecular formula is C16H21N3. The maximum atomic E-state index is 6.28. The third kappa shape index (κ3) is 3.32. The minimum absolute atomic E-state index is 0.125. The Morgan fingerprint density at radius 1 is 1.11 bits per heavy atom. The Labute approximate surface area is 114 Å². The lowest BCUT2D eigenvalue weighted by atomic mass is 10.00. The number of hydrogen-bond donors (Lipinski definition) is 2. The van der Waals surface area contributed by atoms with Gasteiger partial charge in [-0.3, -0.25) is 0 Å². The van der Waals surface area contributed by atoms with Crippen molar-refractivity contribution in [2.75, 3.05) is 5.32 Å². The van der Waals surface area contributed by atoms with Gasteiger partial charge < -0.3 is 11.1 Å². The minimum atomic E-state index is -0.125. The van der Waals surface area contributed by atoms with Gasteiger partial charge >= 0.3 is 0 Å². The Morgan fingerprint density at radius 2 is 1.79 bits per heavy atom. The fourth-order valence-electron chi connectivity index (χ4n) is 2.04. The molecule has 1 aromatic heterocycles. The van der Waals surface area contributed by atoms with E-state index in [4.69, 9.17) is 5.73 Å². The number of hydrogen-bond acceptors (Lipinski definition) is 3. The zero-order chi connectivity index (χ0) is 13.8. The molecule has 0 saturated carbocycles. The summed E-state index contributed by atoms with van der Waals surface area (Å²) in [6, 6.07) is 12.4. The molecule has 1 heterocycles. The van der Waals surface area contributed by atoms with E-state index in [9.17, 15) is 0 Å². The van der Waals surface area contributed by atoms with Crippen LogP contribution in [0, 0.1) is 6.92 Å². The molecule has 0 saturated heterocycles. The summed E-state index contributed by atoms with van der Waals surface area (Å²) in [5, 5.41) is 3.33. The second-order valence-corrected chi connectivity index (χ2v) is 5.12. The number of aryl methyl sites for hydroxylation is 1. The highest BCUT2D eigenvalue weighted by molar-refractivity contribution is 5.46. The zero-order valence-electron chi connectivity index (χ0n) is 11.7. The van der Waals surface area contributed by atoms with E-state index in [-0.39, 0.29) is 6.04 Å². The average Bonchev–Trinajstić information content (AvgIpc) is 2.41. The number of aromatic nitrogens is 1. The maximum Gasteiger partial charge on any atom is 0.129 e. The number of nitrogens with two attached hydrogens (primary N) is 1. The molecule has 2 rings (SSSR count). The summed E-state index contributed by atoms with van der Waals surface area (Å²) in [5.74, 6) is 0.930. The van der Waals surface area contributed by atoms with Gasteiger partial charge in [-0.15, -0.1) is 0 Å². The number of pyridine rings is 1. The molecule has 3 N–H and O–H groups in total. The van der Waals surface area contributed by atoms with E-state index in [0.717, 1.165) is 22.5 Å². The Hall–Kier alpha value is -1.87. The van der Waals surface area contributed by atoms with Gasteiger partial charge in [-0.25, -0.2) is 4.98 Å². The molecule has 0 fully saturated rings. The molecule has 2 aromatic rings. The van der Waals surface area contributed by atoms with E-state index in [1.807, 2.05) is 36.5 Å². The molecule has 0 amide bonds. The quantitative estimate of drug-likeness (QED) is 0.881. The van der Waals surface area contributed by atoms with Crippen molar-refractivity contribution in [2.45, 2.75) is 32.9 Å². The standard InChI is InChI=1S/C16H21N3/c1-11(2)19-16-12(3)9-14(10-18-16)15(17)13-7-5-4-6-8-13/h4-11,15H,17H2,1-3H3,(H,18,19). The topological polar surface area (TPSA) is 50.9 Å².